The zero-order chi connectivity index (χ0) is 23.2. The van der Waals surface area contributed by atoms with Crippen molar-refractivity contribution in [1.82, 2.24) is 31.2 Å². The highest BCUT2D eigenvalue weighted by Gasteiger charge is 2.23. The Morgan fingerprint density at radius 2 is 1.97 bits per heavy atom. The molecule has 3 heterocycles. The summed E-state index contributed by atoms with van der Waals surface area (Å²) < 4.78 is 0. The highest BCUT2D eigenvalue weighted by molar-refractivity contribution is 7.17. The maximum absolute atomic E-state index is 13.1. The van der Waals surface area contributed by atoms with E-state index in [0.717, 1.165) is 54.2 Å². The first-order valence-corrected chi connectivity index (χ1v) is 12.2. The average molecular weight is 470 g/mol. The first-order valence-electron chi connectivity index (χ1n) is 11.3. The summed E-state index contributed by atoms with van der Waals surface area (Å²) in [4.78, 5) is 36.1. The van der Waals surface area contributed by atoms with Crippen LogP contribution in [0.4, 0.5) is 9.93 Å². The number of rotatable bonds is 8. The number of urea groups is 1. The van der Waals surface area contributed by atoms with Crippen molar-refractivity contribution in [2.75, 3.05) is 37.6 Å². The molecule has 0 spiro atoms. The van der Waals surface area contributed by atoms with Gasteiger partial charge in [-0.1, -0.05) is 43.4 Å². The minimum atomic E-state index is -0.697. The van der Waals surface area contributed by atoms with Crippen LogP contribution in [0.5, 0.6) is 0 Å². The van der Waals surface area contributed by atoms with Crippen LogP contribution in [-0.4, -0.2) is 54.6 Å². The zero-order valence-corrected chi connectivity index (χ0v) is 19.8. The van der Waals surface area contributed by atoms with Gasteiger partial charge < -0.3 is 31.2 Å². The average Bonchev–Trinajstić information content (AvgIpc) is 3.47. The van der Waals surface area contributed by atoms with Crippen molar-refractivity contribution in [3.8, 4) is 0 Å². The van der Waals surface area contributed by atoms with Crippen LogP contribution in [0, 0.1) is 5.92 Å². The van der Waals surface area contributed by atoms with E-state index in [1.165, 1.54) is 11.3 Å². The molecule has 0 saturated carbocycles. The molecule has 2 aromatic heterocycles. The van der Waals surface area contributed by atoms with E-state index in [0.29, 0.717) is 17.3 Å². The minimum absolute atomic E-state index is 0.272. The molecule has 0 bridgehead atoms. The molecule has 4 rings (SSSR count). The number of nitrogens with one attached hydrogen (secondary N) is 5. The van der Waals surface area contributed by atoms with Gasteiger partial charge in [0.1, 0.15) is 11.0 Å². The molecule has 1 unspecified atom stereocenters. The summed E-state index contributed by atoms with van der Waals surface area (Å²) in [5, 5.41) is 13.9. The van der Waals surface area contributed by atoms with E-state index in [2.05, 4.69) is 50.0 Å². The Morgan fingerprint density at radius 3 is 2.76 bits per heavy atom. The van der Waals surface area contributed by atoms with Crippen LogP contribution >= 0.6 is 11.3 Å². The summed E-state index contributed by atoms with van der Waals surface area (Å²) in [5.41, 5.74) is 1.73. The van der Waals surface area contributed by atoms with Crippen molar-refractivity contribution in [2.24, 2.45) is 5.92 Å². The second-order valence-corrected chi connectivity index (χ2v) is 9.53. The molecule has 0 aliphatic carbocycles. The Hall–Kier alpha value is -3.11. The van der Waals surface area contributed by atoms with Crippen LogP contribution in [0.1, 0.15) is 41.7 Å². The third kappa shape index (κ3) is 5.82. The third-order valence-electron chi connectivity index (χ3n) is 5.60. The van der Waals surface area contributed by atoms with Gasteiger partial charge in [-0.3, -0.25) is 4.79 Å². The number of aromatic amines is 1. The smallest absolute Gasteiger partial charge is 0.316 e. The van der Waals surface area contributed by atoms with Gasteiger partial charge in [-0.2, -0.15) is 0 Å². The second kappa shape index (κ2) is 10.7. The molecular weight excluding hydrogens is 438 g/mol. The summed E-state index contributed by atoms with van der Waals surface area (Å²) in [6.45, 7) is 8.33. The number of hydrogen-bond donors (Lipinski definition) is 5. The van der Waals surface area contributed by atoms with Gasteiger partial charge in [0.25, 0.3) is 5.91 Å². The number of benzene rings is 1. The van der Waals surface area contributed by atoms with Crippen LogP contribution in [0.2, 0.25) is 0 Å². The Bertz CT molecular complexity index is 1090. The van der Waals surface area contributed by atoms with Gasteiger partial charge >= 0.3 is 6.03 Å². The Labute approximate surface area is 197 Å². The van der Waals surface area contributed by atoms with Gasteiger partial charge in [0, 0.05) is 55.4 Å². The molecule has 10 heteroatoms. The molecule has 3 amide bonds. The Morgan fingerprint density at radius 1 is 1.18 bits per heavy atom. The SMILES string of the molecule is CC(C)CCNC(=O)NC(NC(=O)c1cnc(N2CCNCC2)s1)c1c[nH]c2ccccc12. The normalized spacial score (nSPS) is 14.9. The number of nitrogens with zero attached hydrogens (tertiary/aromatic N) is 2. The number of aromatic nitrogens is 2. The van der Waals surface area contributed by atoms with E-state index in [1.54, 1.807) is 6.20 Å². The quantitative estimate of drug-likeness (QED) is 0.326. The molecule has 33 heavy (non-hydrogen) atoms. The number of para-hydroxylation sites is 1. The largest absolute Gasteiger partial charge is 0.361 e. The fourth-order valence-electron chi connectivity index (χ4n) is 3.76. The highest BCUT2D eigenvalue weighted by atomic mass is 32.1. The molecule has 176 valence electrons. The molecule has 1 aromatic carbocycles. The molecule has 1 atom stereocenters. The van der Waals surface area contributed by atoms with Gasteiger partial charge in [0.05, 0.1) is 6.20 Å². The molecule has 1 aliphatic heterocycles. The zero-order valence-electron chi connectivity index (χ0n) is 19.0. The van der Waals surface area contributed by atoms with Crippen molar-refractivity contribution < 1.29 is 9.59 Å². The Balaban J connectivity index is 1.50. The topological polar surface area (TPSA) is 114 Å². The molecule has 9 nitrogen and oxygen atoms in total. The maximum Gasteiger partial charge on any atom is 0.316 e. The number of amides is 3. The van der Waals surface area contributed by atoms with E-state index in [-0.39, 0.29) is 11.9 Å². The Kier molecular flexibility index (Phi) is 7.46. The third-order valence-corrected chi connectivity index (χ3v) is 6.65. The number of carbonyl (C=O) groups is 2. The van der Waals surface area contributed by atoms with Gasteiger partial charge in [0.15, 0.2) is 5.13 Å². The first kappa shape index (κ1) is 23.1. The number of thiazole rings is 1. The molecule has 1 saturated heterocycles. The lowest BCUT2D eigenvalue weighted by atomic mass is 10.1. The number of piperazine rings is 1. The van der Waals surface area contributed by atoms with E-state index < -0.39 is 6.17 Å². The summed E-state index contributed by atoms with van der Waals surface area (Å²) in [5.74, 6) is 0.220. The van der Waals surface area contributed by atoms with Crippen LogP contribution in [-0.2, 0) is 0 Å². The highest BCUT2D eigenvalue weighted by Crippen LogP contribution is 2.25. The lowest BCUT2D eigenvalue weighted by molar-refractivity contribution is 0.0936. The van der Waals surface area contributed by atoms with Gasteiger partial charge in [-0.25, -0.2) is 9.78 Å². The summed E-state index contributed by atoms with van der Waals surface area (Å²) >= 11 is 1.37. The molecule has 1 fully saturated rings. The number of anilines is 1. The monoisotopic (exact) mass is 469 g/mol. The summed E-state index contributed by atoms with van der Waals surface area (Å²) in [6, 6.07) is 7.48. The molecule has 5 N–H and O–H groups in total. The van der Waals surface area contributed by atoms with E-state index in [1.807, 2.05) is 30.5 Å². The predicted molar refractivity (Wildman–Crippen MR) is 132 cm³/mol. The number of H-pyrrole nitrogens is 1. The van der Waals surface area contributed by atoms with Crippen LogP contribution in [0.15, 0.2) is 36.7 Å². The number of hydrogen-bond acceptors (Lipinski definition) is 6. The first-order chi connectivity index (χ1) is 16.0. The van der Waals surface area contributed by atoms with Crippen molar-refractivity contribution in [3.05, 3.63) is 47.1 Å². The van der Waals surface area contributed by atoms with Crippen molar-refractivity contribution in [3.63, 3.8) is 0 Å². The predicted octanol–water partition coefficient (Wildman–Crippen LogP) is 2.81. The summed E-state index contributed by atoms with van der Waals surface area (Å²) in [7, 11) is 0. The molecular formula is C23H31N7O2S. The lowest BCUT2D eigenvalue weighted by Crippen LogP contribution is -2.45. The van der Waals surface area contributed by atoms with E-state index in [4.69, 9.17) is 0 Å². The fraction of sp³-hybridized carbons (Fsp3) is 0.435. The van der Waals surface area contributed by atoms with Crippen molar-refractivity contribution in [1.29, 1.82) is 0 Å². The standard InChI is InChI=1S/C23H31N7O2S/c1-15(2)7-8-25-22(32)29-20(17-13-26-18-6-4-3-5-16(17)18)28-21(31)19-14-27-23(33-19)30-11-9-24-10-12-30/h3-6,13-15,20,24,26H,7-12H2,1-2H3,(H,28,31)(H2,25,29,32). The number of fused-ring (bicyclic) bond motifs is 1. The summed E-state index contributed by atoms with van der Waals surface area (Å²) in [6.07, 6.45) is 3.61. The van der Waals surface area contributed by atoms with Crippen LogP contribution in [0.25, 0.3) is 10.9 Å². The molecule has 0 radical (unpaired) electrons. The molecule has 1 aliphatic rings. The van der Waals surface area contributed by atoms with Gasteiger partial charge in [-0.15, -0.1) is 0 Å². The van der Waals surface area contributed by atoms with E-state index in [9.17, 15) is 9.59 Å². The van der Waals surface area contributed by atoms with Crippen LogP contribution < -0.4 is 26.2 Å². The lowest BCUT2D eigenvalue weighted by Gasteiger charge is -2.26. The molecule has 3 aromatic rings. The minimum Gasteiger partial charge on any atom is -0.361 e. The fourth-order valence-corrected chi connectivity index (χ4v) is 4.63. The van der Waals surface area contributed by atoms with Gasteiger partial charge in [-0.05, 0) is 18.4 Å². The van der Waals surface area contributed by atoms with E-state index >= 15 is 0 Å². The van der Waals surface area contributed by atoms with Crippen molar-refractivity contribution in [2.45, 2.75) is 26.4 Å². The maximum atomic E-state index is 13.1. The van der Waals surface area contributed by atoms with Crippen molar-refractivity contribution >= 4 is 39.3 Å². The van der Waals surface area contributed by atoms with Crippen LogP contribution in [0.3, 0.4) is 0 Å². The second-order valence-electron chi connectivity index (χ2n) is 8.52. The number of carbonyl (C=O) groups excluding carboxylic acids is 2. The van der Waals surface area contributed by atoms with Gasteiger partial charge in [0.2, 0.25) is 0 Å².